The van der Waals surface area contributed by atoms with Gasteiger partial charge in [0.2, 0.25) is 0 Å². The molecule has 3 heteroatoms. The molecule has 0 aliphatic heterocycles. The molecule has 3 aromatic heterocycles. The fraction of sp³-hybridized carbons (Fsp3) is 0. The van der Waals surface area contributed by atoms with Crippen LogP contribution in [0.15, 0.2) is 237 Å². The molecule has 11 aromatic rings. The number of fused-ring (bicyclic) bond motifs is 3. The molecule has 0 fully saturated rings. The quantitative estimate of drug-likeness (QED) is 0.154. The van der Waals surface area contributed by atoms with E-state index in [0.717, 1.165) is 83.7 Å². The molecule has 3 nitrogen and oxygen atoms in total. The summed E-state index contributed by atoms with van der Waals surface area (Å²) < 4.78 is 2.16. The van der Waals surface area contributed by atoms with E-state index in [1.807, 2.05) is 0 Å². The zero-order valence-electron chi connectivity index (χ0n) is 33.4. The molecule has 0 saturated carbocycles. The standard InChI is InChI=1S/C58H39N3/c1-6-18-40(19-7-1)47-28-16-29-48(36-47)54-38-49(37-53(59-54)43-20-8-2-9-21-43)41-32-34-42(35-33-41)50-30-17-31-51-52(50)39-55(44-22-10-3-11-23-44)61-58(51)56(45-24-12-4-13-25-45)57(60-61)46-26-14-5-15-27-46/h1-39H. The summed E-state index contributed by atoms with van der Waals surface area (Å²) in [5.41, 5.74) is 18.5. The van der Waals surface area contributed by atoms with Crippen LogP contribution in [0.1, 0.15) is 0 Å². The minimum atomic E-state index is 0.939. The fourth-order valence-corrected chi connectivity index (χ4v) is 8.64. The van der Waals surface area contributed by atoms with Crippen molar-refractivity contribution in [3.8, 4) is 89.5 Å². The van der Waals surface area contributed by atoms with Crippen LogP contribution in [0.5, 0.6) is 0 Å². The van der Waals surface area contributed by atoms with E-state index in [4.69, 9.17) is 10.1 Å². The molecule has 0 bridgehead atoms. The lowest BCUT2D eigenvalue weighted by molar-refractivity contribution is 0.979. The van der Waals surface area contributed by atoms with E-state index < -0.39 is 0 Å². The summed E-state index contributed by atoms with van der Waals surface area (Å²) in [7, 11) is 0. The molecule has 0 saturated heterocycles. The van der Waals surface area contributed by atoms with E-state index in [0.29, 0.717) is 0 Å². The van der Waals surface area contributed by atoms with Crippen molar-refractivity contribution in [2.24, 2.45) is 0 Å². The molecule has 11 rings (SSSR count). The lowest BCUT2D eigenvalue weighted by atomic mass is 9.92. The van der Waals surface area contributed by atoms with Gasteiger partial charge in [-0.3, -0.25) is 0 Å². The first-order valence-electron chi connectivity index (χ1n) is 20.7. The predicted octanol–water partition coefficient (Wildman–Crippen LogP) is 15.2. The summed E-state index contributed by atoms with van der Waals surface area (Å²) >= 11 is 0. The molecule has 0 aliphatic rings. The molecule has 61 heavy (non-hydrogen) atoms. The molecule has 8 aromatic carbocycles. The van der Waals surface area contributed by atoms with Crippen LogP contribution in [-0.2, 0) is 0 Å². The Kier molecular flexibility index (Phi) is 9.18. The maximum Gasteiger partial charge on any atom is 0.101 e. The van der Waals surface area contributed by atoms with Crippen molar-refractivity contribution in [3.63, 3.8) is 0 Å². The number of benzene rings is 8. The third kappa shape index (κ3) is 6.78. The summed E-state index contributed by atoms with van der Waals surface area (Å²) in [5.74, 6) is 0. The molecular weight excluding hydrogens is 739 g/mol. The first-order valence-corrected chi connectivity index (χ1v) is 20.7. The van der Waals surface area contributed by atoms with Gasteiger partial charge in [0.05, 0.1) is 22.6 Å². The number of rotatable bonds is 8. The maximum absolute atomic E-state index is 5.42. The summed E-state index contributed by atoms with van der Waals surface area (Å²) in [6.07, 6.45) is 0. The second-order valence-corrected chi connectivity index (χ2v) is 15.4. The third-order valence-electron chi connectivity index (χ3n) is 11.6. The third-order valence-corrected chi connectivity index (χ3v) is 11.6. The SMILES string of the molecule is c1ccc(-c2cccc(-c3cc(-c4ccc(-c5cccc6c5cc(-c5ccccc5)n5nc(-c7ccccc7)c(-c7ccccc7)c65)cc4)cc(-c4ccccc4)n3)c2)cc1. The Morgan fingerprint density at radius 1 is 0.295 bits per heavy atom. The van der Waals surface area contributed by atoms with Crippen LogP contribution in [0.3, 0.4) is 0 Å². The van der Waals surface area contributed by atoms with Crippen molar-refractivity contribution < 1.29 is 0 Å². The van der Waals surface area contributed by atoms with E-state index in [1.54, 1.807) is 0 Å². The smallest absolute Gasteiger partial charge is 0.101 e. The van der Waals surface area contributed by atoms with Gasteiger partial charge >= 0.3 is 0 Å². The first-order chi connectivity index (χ1) is 30.2. The number of pyridine rings is 2. The second kappa shape index (κ2) is 15.6. The van der Waals surface area contributed by atoms with E-state index in [2.05, 4.69) is 241 Å². The largest absolute Gasteiger partial charge is 0.248 e. The van der Waals surface area contributed by atoms with Crippen LogP contribution in [0.4, 0.5) is 0 Å². The molecule has 3 heterocycles. The molecule has 286 valence electrons. The Morgan fingerprint density at radius 3 is 1.44 bits per heavy atom. The summed E-state index contributed by atoms with van der Waals surface area (Å²) in [5, 5.41) is 7.75. The highest BCUT2D eigenvalue weighted by Gasteiger charge is 2.22. The predicted molar refractivity (Wildman–Crippen MR) is 254 cm³/mol. The highest BCUT2D eigenvalue weighted by atomic mass is 15.2. The molecule has 0 N–H and O–H groups in total. The Labute approximate surface area is 355 Å². The Balaban J connectivity index is 1.08. The Hall–Kier alpha value is -8.14. The van der Waals surface area contributed by atoms with E-state index in [9.17, 15) is 0 Å². The maximum atomic E-state index is 5.42. The molecule has 0 atom stereocenters. The van der Waals surface area contributed by atoms with Crippen molar-refractivity contribution in [3.05, 3.63) is 237 Å². The number of hydrogen-bond donors (Lipinski definition) is 0. The average molecular weight is 778 g/mol. The second-order valence-electron chi connectivity index (χ2n) is 15.4. The zero-order valence-corrected chi connectivity index (χ0v) is 33.4. The van der Waals surface area contributed by atoms with Crippen LogP contribution in [0.2, 0.25) is 0 Å². The van der Waals surface area contributed by atoms with Gasteiger partial charge in [-0.15, -0.1) is 0 Å². The lowest BCUT2D eigenvalue weighted by Gasteiger charge is -2.15. The van der Waals surface area contributed by atoms with Crippen molar-refractivity contribution in [1.82, 2.24) is 14.6 Å². The van der Waals surface area contributed by atoms with Crippen molar-refractivity contribution in [2.45, 2.75) is 0 Å². The minimum absolute atomic E-state index is 0.939. The molecule has 0 spiro atoms. The highest BCUT2D eigenvalue weighted by molar-refractivity contribution is 6.12. The Bertz CT molecular complexity index is 3300. The lowest BCUT2D eigenvalue weighted by Crippen LogP contribution is -1.96. The minimum Gasteiger partial charge on any atom is -0.248 e. The molecule has 0 aliphatic carbocycles. The van der Waals surface area contributed by atoms with Gasteiger partial charge in [-0.1, -0.05) is 212 Å². The van der Waals surface area contributed by atoms with Gasteiger partial charge in [-0.25, -0.2) is 9.50 Å². The van der Waals surface area contributed by atoms with E-state index >= 15 is 0 Å². The molecule has 0 radical (unpaired) electrons. The van der Waals surface area contributed by atoms with Gasteiger partial charge < -0.3 is 0 Å². The van der Waals surface area contributed by atoms with Gasteiger partial charge in [-0.2, -0.15) is 5.10 Å². The van der Waals surface area contributed by atoms with Crippen LogP contribution < -0.4 is 0 Å². The number of aromatic nitrogens is 3. The highest BCUT2D eigenvalue weighted by Crippen LogP contribution is 2.43. The van der Waals surface area contributed by atoms with Crippen LogP contribution in [0, 0.1) is 0 Å². The van der Waals surface area contributed by atoms with Crippen molar-refractivity contribution in [1.29, 1.82) is 0 Å². The average Bonchev–Trinajstić information content (AvgIpc) is 3.76. The fourth-order valence-electron chi connectivity index (χ4n) is 8.64. The van der Waals surface area contributed by atoms with Crippen molar-refractivity contribution in [2.75, 3.05) is 0 Å². The van der Waals surface area contributed by atoms with Crippen LogP contribution >= 0.6 is 0 Å². The molecule has 0 unspecified atom stereocenters. The van der Waals surface area contributed by atoms with Crippen molar-refractivity contribution >= 4 is 16.3 Å². The number of nitrogens with zero attached hydrogens (tertiary/aromatic N) is 3. The van der Waals surface area contributed by atoms with E-state index in [1.165, 1.54) is 22.1 Å². The normalized spacial score (nSPS) is 11.3. The van der Waals surface area contributed by atoms with Crippen LogP contribution in [-0.4, -0.2) is 14.6 Å². The topological polar surface area (TPSA) is 30.2 Å². The number of hydrogen-bond acceptors (Lipinski definition) is 2. The van der Waals surface area contributed by atoms with E-state index in [-0.39, 0.29) is 0 Å². The first kappa shape index (κ1) is 36.0. The van der Waals surface area contributed by atoms with Gasteiger partial charge in [0.1, 0.15) is 5.69 Å². The summed E-state index contributed by atoms with van der Waals surface area (Å²) in [6, 6.07) is 84.0. The molecule has 0 amide bonds. The van der Waals surface area contributed by atoms with Gasteiger partial charge in [0.15, 0.2) is 0 Å². The zero-order chi connectivity index (χ0) is 40.5. The summed E-state index contributed by atoms with van der Waals surface area (Å²) in [4.78, 5) is 5.23. The van der Waals surface area contributed by atoms with Gasteiger partial charge in [0, 0.05) is 33.2 Å². The summed E-state index contributed by atoms with van der Waals surface area (Å²) in [6.45, 7) is 0. The molecular formula is C58H39N3. The Morgan fingerprint density at radius 2 is 0.787 bits per heavy atom. The monoisotopic (exact) mass is 777 g/mol. The van der Waals surface area contributed by atoms with Crippen LogP contribution in [0.25, 0.3) is 106 Å². The van der Waals surface area contributed by atoms with Gasteiger partial charge in [0.25, 0.3) is 0 Å². The van der Waals surface area contributed by atoms with Gasteiger partial charge in [-0.05, 0) is 68.6 Å².